The first kappa shape index (κ1) is 19.3. The molecular weight excluding hydrogens is 364 g/mol. The van der Waals surface area contributed by atoms with Gasteiger partial charge in [0, 0.05) is 17.3 Å². The zero-order chi connectivity index (χ0) is 20.1. The van der Waals surface area contributed by atoms with Gasteiger partial charge in [0.25, 0.3) is 0 Å². The van der Waals surface area contributed by atoms with Crippen LogP contribution in [0.15, 0.2) is 60.7 Å². The third-order valence-corrected chi connectivity index (χ3v) is 4.11. The largest absolute Gasteiger partial charge is 0.433 e. The molecule has 5 nitrogen and oxygen atoms in total. The second kappa shape index (κ2) is 8.47. The molecule has 2 aromatic carbocycles. The van der Waals surface area contributed by atoms with Crippen molar-refractivity contribution in [2.24, 2.45) is 0 Å². The van der Waals surface area contributed by atoms with Crippen LogP contribution in [0.5, 0.6) is 5.75 Å². The van der Waals surface area contributed by atoms with E-state index in [2.05, 4.69) is 15.2 Å². The number of anilines is 1. The number of nitrogens with one attached hydrogen (secondary N) is 1. The summed E-state index contributed by atoms with van der Waals surface area (Å²) in [6.07, 6.45) is 2.99. The molecule has 0 bridgehead atoms. The van der Waals surface area contributed by atoms with Gasteiger partial charge >= 0.3 is 6.61 Å². The van der Waals surface area contributed by atoms with Crippen molar-refractivity contribution in [3.05, 3.63) is 77.6 Å². The number of halogens is 2. The third-order valence-electron chi connectivity index (χ3n) is 4.11. The van der Waals surface area contributed by atoms with Crippen molar-refractivity contribution in [3.8, 4) is 11.4 Å². The van der Waals surface area contributed by atoms with Gasteiger partial charge in [-0.3, -0.25) is 4.79 Å². The van der Waals surface area contributed by atoms with E-state index in [9.17, 15) is 13.6 Å². The highest BCUT2D eigenvalue weighted by atomic mass is 19.3. The zero-order valence-corrected chi connectivity index (χ0v) is 15.4. The van der Waals surface area contributed by atoms with Crippen LogP contribution < -0.4 is 10.1 Å². The Morgan fingerprint density at radius 1 is 1.11 bits per heavy atom. The number of aryl methyl sites for hydroxylation is 1. The Morgan fingerprint density at radius 3 is 2.50 bits per heavy atom. The lowest BCUT2D eigenvalue weighted by Crippen LogP contribution is -2.11. The molecule has 0 spiro atoms. The van der Waals surface area contributed by atoms with Gasteiger partial charge in [-0.15, -0.1) is 0 Å². The molecular formula is C21H19F2N3O2. The van der Waals surface area contributed by atoms with E-state index in [4.69, 9.17) is 0 Å². The zero-order valence-electron chi connectivity index (χ0n) is 15.4. The summed E-state index contributed by atoms with van der Waals surface area (Å²) >= 11 is 0. The van der Waals surface area contributed by atoms with Crippen molar-refractivity contribution < 1.29 is 18.3 Å². The molecule has 0 atom stereocenters. The first-order chi connectivity index (χ1) is 13.5. The minimum atomic E-state index is -2.97. The van der Waals surface area contributed by atoms with Crippen LogP contribution in [0.2, 0.25) is 0 Å². The monoisotopic (exact) mass is 383 g/mol. The highest BCUT2D eigenvalue weighted by Crippen LogP contribution is 2.25. The molecule has 0 aliphatic carbocycles. The molecule has 0 fully saturated rings. The molecule has 0 saturated carbocycles. The van der Waals surface area contributed by atoms with Gasteiger partial charge in [0.15, 0.2) is 0 Å². The molecule has 3 rings (SSSR count). The van der Waals surface area contributed by atoms with Crippen LogP contribution in [-0.4, -0.2) is 22.3 Å². The molecule has 0 saturated heterocycles. The van der Waals surface area contributed by atoms with E-state index < -0.39 is 12.5 Å². The number of alkyl halides is 2. The van der Waals surface area contributed by atoms with Crippen molar-refractivity contribution in [1.29, 1.82) is 0 Å². The maximum atomic E-state index is 12.5. The summed E-state index contributed by atoms with van der Waals surface area (Å²) in [5, 5.41) is 7.07. The van der Waals surface area contributed by atoms with Gasteiger partial charge in [-0.2, -0.15) is 13.9 Å². The number of benzene rings is 2. The highest BCUT2D eigenvalue weighted by molar-refractivity contribution is 6.02. The van der Waals surface area contributed by atoms with Crippen molar-refractivity contribution in [3.63, 3.8) is 0 Å². The van der Waals surface area contributed by atoms with Crippen LogP contribution in [0.4, 0.5) is 14.5 Å². The number of ether oxygens (including phenoxy) is 1. The van der Waals surface area contributed by atoms with Crippen LogP contribution in [0.25, 0.3) is 11.8 Å². The summed E-state index contributed by atoms with van der Waals surface area (Å²) in [6.45, 7) is 0.800. The third kappa shape index (κ3) is 4.43. The number of amides is 1. The lowest BCUT2D eigenvalue weighted by molar-refractivity contribution is -0.111. The van der Waals surface area contributed by atoms with Crippen LogP contribution in [-0.2, 0) is 4.79 Å². The highest BCUT2D eigenvalue weighted by Gasteiger charge is 2.12. The van der Waals surface area contributed by atoms with Crippen LogP contribution in [0, 0.1) is 13.8 Å². The average molecular weight is 383 g/mol. The lowest BCUT2D eigenvalue weighted by Gasteiger charge is -2.10. The Bertz CT molecular complexity index is 998. The van der Waals surface area contributed by atoms with E-state index in [0.717, 1.165) is 22.6 Å². The Kier molecular flexibility index (Phi) is 5.84. The molecule has 1 heterocycles. The van der Waals surface area contributed by atoms with Gasteiger partial charge in [0.05, 0.1) is 17.1 Å². The van der Waals surface area contributed by atoms with E-state index in [-0.39, 0.29) is 11.4 Å². The quantitative estimate of drug-likeness (QED) is 0.626. The molecule has 0 aliphatic heterocycles. The number of rotatable bonds is 6. The molecule has 0 unspecified atom stereocenters. The average Bonchev–Trinajstić information content (AvgIpc) is 2.96. The van der Waals surface area contributed by atoms with Gasteiger partial charge in [-0.05, 0) is 44.2 Å². The molecule has 0 aliphatic rings. The minimum absolute atomic E-state index is 0.0940. The topological polar surface area (TPSA) is 56.2 Å². The van der Waals surface area contributed by atoms with E-state index >= 15 is 0 Å². The molecule has 3 aromatic rings. The van der Waals surface area contributed by atoms with E-state index in [1.165, 1.54) is 18.2 Å². The molecule has 1 N–H and O–H groups in total. The smallest absolute Gasteiger partial charge is 0.387 e. The van der Waals surface area contributed by atoms with E-state index in [1.807, 2.05) is 44.2 Å². The lowest BCUT2D eigenvalue weighted by atomic mass is 10.2. The van der Waals surface area contributed by atoms with Gasteiger partial charge in [-0.1, -0.05) is 30.3 Å². The second-order valence-corrected chi connectivity index (χ2v) is 6.03. The Balaban J connectivity index is 1.78. The molecule has 1 amide bonds. The second-order valence-electron chi connectivity index (χ2n) is 6.03. The number of aromatic nitrogens is 2. The van der Waals surface area contributed by atoms with Gasteiger partial charge in [0.2, 0.25) is 5.91 Å². The summed E-state index contributed by atoms with van der Waals surface area (Å²) in [5.74, 6) is -0.555. The van der Waals surface area contributed by atoms with Crippen molar-refractivity contribution in [1.82, 2.24) is 9.78 Å². The number of nitrogens with zero attached hydrogens (tertiary/aromatic N) is 2. The van der Waals surface area contributed by atoms with Gasteiger partial charge in [0.1, 0.15) is 5.75 Å². The number of carbonyl (C=O) groups excluding carboxylic acids is 1. The van der Waals surface area contributed by atoms with Crippen molar-refractivity contribution in [2.45, 2.75) is 20.5 Å². The van der Waals surface area contributed by atoms with Crippen LogP contribution >= 0.6 is 0 Å². The Hall–Kier alpha value is -3.48. The first-order valence-corrected chi connectivity index (χ1v) is 8.60. The minimum Gasteiger partial charge on any atom is -0.433 e. The van der Waals surface area contributed by atoms with Gasteiger partial charge < -0.3 is 10.1 Å². The summed E-state index contributed by atoms with van der Waals surface area (Å²) in [6, 6.07) is 15.7. The van der Waals surface area contributed by atoms with Crippen LogP contribution in [0.3, 0.4) is 0 Å². The van der Waals surface area contributed by atoms with Crippen LogP contribution in [0.1, 0.15) is 17.0 Å². The Labute approximate surface area is 161 Å². The normalized spacial score (nSPS) is 11.2. The maximum Gasteiger partial charge on any atom is 0.387 e. The SMILES string of the molecule is Cc1nn(-c2ccccc2)c(C)c1/C=C/C(=O)Nc1ccccc1OC(F)F. The molecule has 28 heavy (non-hydrogen) atoms. The maximum absolute atomic E-state index is 12.5. The van der Waals surface area contributed by atoms with Gasteiger partial charge in [-0.25, -0.2) is 4.68 Å². The summed E-state index contributed by atoms with van der Waals surface area (Å²) in [4.78, 5) is 12.3. The first-order valence-electron chi connectivity index (χ1n) is 8.60. The number of hydrogen-bond donors (Lipinski definition) is 1. The Morgan fingerprint density at radius 2 is 1.79 bits per heavy atom. The fourth-order valence-corrected chi connectivity index (χ4v) is 2.82. The van der Waals surface area contributed by atoms with Crippen molar-refractivity contribution >= 4 is 17.7 Å². The summed E-state index contributed by atoms with van der Waals surface area (Å²) in [7, 11) is 0. The standard InChI is InChI=1S/C21H19F2N3O2/c1-14-17(15(2)26(25-14)16-8-4-3-5-9-16)12-13-20(27)24-18-10-6-7-11-19(18)28-21(22)23/h3-13,21H,1-2H3,(H,24,27)/b13-12+. The molecule has 0 radical (unpaired) electrons. The predicted octanol–water partition coefficient (Wildman–Crippen LogP) is 4.74. The number of carbonyl (C=O) groups is 1. The fraction of sp³-hybridized carbons (Fsp3) is 0.143. The molecule has 144 valence electrons. The fourth-order valence-electron chi connectivity index (χ4n) is 2.82. The van der Waals surface area contributed by atoms with E-state index in [1.54, 1.807) is 22.9 Å². The van der Waals surface area contributed by atoms with Crippen molar-refractivity contribution in [2.75, 3.05) is 5.32 Å². The number of para-hydroxylation sites is 3. The van der Waals surface area contributed by atoms with E-state index in [0.29, 0.717) is 0 Å². The molecule has 7 heteroatoms. The predicted molar refractivity (Wildman–Crippen MR) is 104 cm³/mol. The summed E-state index contributed by atoms with van der Waals surface area (Å²) in [5.41, 5.74) is 3.56. The number of hydrogen-bond acceptors (Lipinski definition) is 3. The summed E-state index contributed by atoms with van der Waals surface area (Å²) < 4.78 is 31.2. The molecule has 1 aromatic heterocycles.